The Morgan fingerprint density at radius 2 is 1.84 bits per heavy atom. The molecule has 0 aromatic heterocycles. The van der Waals surface area contributed by atoms with Crippen LogP contribution in [0.2, 0.25) is 0 Å². The van der Waals surface area contributed by atoms with E-state index in [1.165, 1.54) is 0 Å². The molecule has 1 atom stereocenters. The molecule has 0 fully saturated rings. The summed E-state index contributed by atoms with van der Waals surface area (Å²) in [6.45, 7) is 3.79. The number of fused-ring (bicyclic) bond motifs is 1. The lowest BCUT2D eigenvalue weighted by atomic mass is 10.0. The molecule has 2 N–H and O–H groups in total. The minimum atomic E-state index is -0.597. The van der Waals surface area contributed by atoms with Crippen LogP contribution in [0.5, 0.6) is 0 Å². The smallest absolute Gasteiger partial charge is 0.226 e. The van der Waals surface area contributed by atoms with E-state index in [0.717, 1.165) is 16.5 Å². The molecular weight excluding hydrogens is 238 g/mol. The average Bonchev–Trinajstić information content (AvgIpc) is 2.38. The molecule has 1 unspecified atom stereocenters. The van der Waals surface area contributed by atoms with Crippen LogP contribution in [0.25, 0.3) is 10.8 Å². The van der Waals surface area contributed by atoms with E-state index < -0.39 is 6.10 Å². The number of amides is 1. The Balaban J connectivity index is 2.07. The largest absolute Gasteiger partial charge is 0.392 e. The molecule has 0 bridgehead atoms. The fraction of sp³-hybridized carbons (Fsp3) is 0.312. The van der Waals surface area contributed by atoms with Crippen molar-refractivity contribution in [2.24, 2.45) is 5.92 Å². The van der Waals surface area contributed by atoms with E-state index >= 15 is 0 Å². The average molecular weight is 257 g/mol. The van der Waals surface area contributed by atoms with Crippen LogP contribution < -0.4 is 5.32 Å². The molecule has 0 spiro atoms. The molecule has 2 rings (SSSR count). The van der Waals surface area contributed by atoms with Gasteiger partial charge in [0.25, 0.3) is 0 Å². The lowest BCUT2D eigenvalue weighted by molar-refractivity contribution is -0.118. The maximum atomic E-state index is 11.8. The molecule has 1 amide bonds. The maximum absolute atomic E-state index is 11.8. The van der Waals surface area contributed by atoms with Crippen LogP contribution in [0.1, 0.15) is 20.3 Å². The SMILES string of the molecule is CC(C)C(O)CC(=O)Nc1ccc2ccccc2c1. The number of benzene rings is 2. The molecule has 100 valence electrons. The minimum Gasteiger partial charge on any atom is -0.392 e. The highest BCUT2D eigenvalue weighted by molar-refractivity contribution is 5.94. The third-order valence-corrected chi connectivity index (χ3v) is 3.20. The topological polar surface area (TPSA) is 49.3 Å². The highest BCUT2D eigenvalue weighted by atomic mass is 16.3. The zero-order valence-electron chi connectivity index (χ0n) is 11.3. The van der Waals surface area contributed by atoms with Crippen molar-refractivity contribution >= 4 is 22.4 Å². The normalized spacial score (nSPS) is 12.6. The number of anilines is 1. The van der Waals surface area contributed by atoms with Crippen molar-refractivity contribution in [1.82, 2.24) is 0 Å². The van der Waals surface area contributed by atoms with Crippen LogP contribution in [0.15, 0.2) is 42.5 Å². The van der Waals surface area contributed by atoms with Crippen LogP contribution in [0.4, 0.5) is 5.69 Å². The molecule has 0 saturated carbocycles. The highest BCUT2D eigenvalue weighted by Gasteiger charge is 2.14. The van der Waals surface area contributed by atoms with Gasteiger partial charge >= 0.3 is 0 Å². The van der Waals surface area contributed by atoms with E-state index in [4.69, 9.17) is 0 Å². The summed E-state index contributed by atoms with van der Waals surface area (Å²) in [5, 5.41) is 14.7. The predicted octanol–water partition coefficient (Wildman–Crippen LogP) is 3.19. The number of hydrogen-bond donors (Lipinski definition) is 2. The molecular formula is C16H19NO2. The molecule has 0 radical (unpaired) electrons. The van der Waals surface area contributed by atoms with Gasteiger partial charge in [-0.1, -0.05) is 44.2 Å². The third kappa shape index (κ3) is 3.55. The quantitative estimate of drug-likeness (QED) is 0.883. The second-order valence-electron chi connectivity index (χ2n) is 5.13. The van der Waals surface area contributed by atoms with Gasteiger partial charge in [-0.25, -0.2) is 0 Å². The summed E-state index contributed by atoms with van der Waals surface area (Å²) in [4.78, 5) is 11.8. The first-order valence-corrected chi connectivity index (χ1v) is 6.53. The van der Waals surface area contributed by atoms with Gasteiger partial charge in [0, 0.05) is 5.69 Å². The molecule has 19 heavy (non-hydrogen) atoms. The maximum Gasteiger partial charge on any atom is 0.226 e. The van der Waals surface area contributed by atoms with Gasteiger partial charge < -0.3 is 10.4 Å². The highest BCUT2D eigenvalue weighted by Crippen LogP contribution is 2.19. The summed E-state index contributed by atoms with van der Waals surface area (Å²) in [6.07, 6.45) is -0.467. The fourth-order valence-electron chi connectivity index (χ4n) is 1.90. The summed E-state index contributed by atoms with van der Waals surface area (Å²) in [7, 11) is 0. The zero-order chi connectivity index (χ0) is 13.8. The first-order chi connectivity index (χ1) is 9.06. The monoisotopic (exact) mass is 257 g/mol. The van der Waals surface area contributed by atoms with Gasteiger partial charge in [0.2, 0.25) is 5.91 Å². The first kappa shape index (κ1) is 13.6. The second-order valence-corrected chi connectivity index (χ2v) is 5.13. The molecule has 0 saturated heterocycles. The van der Waals surface area contributed by atoms with Crippen molar-refractivity contribution in [2.75, 3.05) is 5.32 Å². The molecule has 0 aliphatic rings. The van der Waals surface area contributed by atoms with Crippen molar-refractivity contribution in [2.45, 2.75) is 26.4 Å². The number of carbonyl (C=O) groups is 1. The van der Waals surface area contributed by atoms with Gasteiger partial charge in [0.1, 0.15) is 0 Å². The molecule has 0 aliphatic carbocycles. The van der Waals surface area contributed by atoms with Gasteiger partial charge in [-0.05, 0) is 28.8 Å². The first-order valence-electron chi connectivity index (χ1n) is 6.53. The van der Waals surface area contributed by atoms with Gasteiger partial charge in [-0.3, -0.25) is 4.79 Å². The van der Waals surface area contributed by atoms with E-state index in [0.29, 0.717) is 0 Å². The number of aliphatic hydroxyl groups excluding tert-OH is 1. The standard InChI is InChI=1S/C16H19NO2/c1-11(2)15(18)10-16(19)17-14-8-7-12-5-3-4-6-13(12)9-14/h3-9,11,15,18H,10H2,1-2H3,(H,17,19). The number of rotatable bonds is 4. The van der Waals surface area contributed by atoms with E-state index in [2.05, 4.69) is 5.32 Å². The number of nitrogens with one attached hydrogen (secondary N) is 1. The molecule has 3 nitrogen and oxygen atoms in total. The van der Waals surface area contributed by atoms with Crippen molar-refractivity contribution in [3.63, 3.8) is 0 Å². The summed E-state index contributed by atoms with van der Waals surface area (Å²) < 4.78 is 0. The predicted molar refractivity (Wildman–Crippen MR) is 78.0 cm³/mol. The van der Waals surface area contributed by atoms with Gasteiger partial charge in [-0.15, -0.1) is 0 Å². The second kappa shape index (κ2) is 5.85. The molecule has 3 heteroatoms. The summed E-state index contributed by atoms with van der Waals surface area (Å²) in [6, 6.07) is 13.8. The van der Waals surface area contributed by atoms with Crippen LogP contribution >= 0.6 is 0 Å². The number of carbonyl (C=O) groups excluding carboxylic acids is 1. The number of hydrogen-bond acceptors (Lipinski definition) is 2. The lowest BCUT2D eigenvalue weighted by Gasteiger charge is -2.14. The fourth-order valence-corrected chi connectivity index (χ4v) is 1.90. The van der Waals surface area contributed by atoms with E-state index in [1.54, 1.807) is 0 Å². The van der Waals surface area contributed by atoms with E-state index in [-0.39, 0.29) is 18.2 Å². The van der Waals surface area contributed by atoms with Crippen molar-refractivity contribution in [3.05, 3.63) is 42.5 Å². The Morgan fingerprint density at radius 1 is 1.16 bits per heavy atom. The third-order valence-electron chi connectivity index (χ3n) is 3.20. The van der Waals surface area contributed by atoms with Crippen molar-refractivity contribution in [3.8, 4) is 0 Å². The summed E-state index contributed by atoms with van der Waals surface area (Å²) in [5.41, 5.74) is 0.764. The number of aliphatic hydroxyl groups is 1. The van der Waals surface area contributed by atoms with Crippen molar-refractivity contribution in [1.29, 1.82) is 0 Å². The Bertz CT molecular complexity index is 578. The molecule has 2 aromatic carbocycles. The van der Waals surface area contributed by atoms with Crippen LogP contribution in [-0.2, 0) is 4.79 Å². The molecule has 0 heterocycles. The Hall–Kier alpha value is -1.87. The summed E-state index contributed by atoms with van der Waals surface area (Å²) >= 11 is 0. The lowest BCUT2D eigenvalue weighted by Crippen LogP contribution is -2.23. The van der Waals surface area contributed by atoms with Gasteiger partial charge in [0.05, 0.1) is 12.5 Å². The van der Waals surface area contributed by atoms with Gasteiger partial charge in [-0.2, -0.15) is 0 Å². The van der Waals surface area contributed by atoms with E-state index in [1.807, 2.05) is 56.3 Å². The molecule has 0 aliphatic heterocycles. The van der Waals surface area contributed by atoms with Gasteiger partial charge in [0.15, 0.2) is 0 Å². The van der Waals surface area contributed by atoms with Crippen molar-refractivity contribution < 1.29 is 9.90 Å². The summed E-state index contributed by atoms with van der Waals surface area (Å²) in [5.74, 6) is -0.0705. The van der Waals surface area contributed by atoms with Crippen LogP contribution in [0, 0.1) is 5.92 Å². The zero-order valence-corrected chi connectivity index (χ0v) is 11.3. The minimum absolute atomic E-state index is 0.0855. The Morgan fingerprint density at radius 3 is 2.53 bits per heavy atom. The van der Waals surface area contributed by atoms with Crippen LogP contribution in [0.3, 0.4) is 0 Å². The Labute approximate surface area is 113 Å². The van der Waals surface area contributed by atoms with E-state index in [9.17, 15) is 9.90 Å². The Kier molecular flexibility index (Phi) is 4.17. The molecule has 2 aromatic rings. The van der Waals surface area contributed by atoms with Crippen LogP contribution in [-0.4, -0.2) is 17.1 Å².